The van der Waals surface area contributed by atoms with Crippen molar-refractivity contribution in [2.45, 2.75) is 25.3 Å². The van der Waals surface area contributed by atoms with Crippen molar-refractivity contribution in [3.63, 3.8) is 0 Å². The van der Waals surface area contributed by atoms with Crippen LogP contribution in [0, 0.1) is 0 Å². The minimum atomic E-state index is -0.268. The number of para-hydroxylation sites is 1. The van der Waals surface area contributed by atoms with E-state index in [0.29, 0.717) is 31.2 Å². The molecule has 1 aromatic carbocycles. The summed E-state index contributed by atoms with van der Waals surface area (Å²) in [7, 11) is 0. The molecule has 1 aliphatic rings. The Morgan fingerprint density at radius 1 is 1.26 bits per heavy atom. The first-order valence-corrected chi connectivity index (χ1v) is 9.00. The highest BCUT2D eigenvalue weighted by atomic mass is 16.3. The Kier molecular flexibility index (Phi) is 4.78. The van der Waals surface area contributed by atoms with Gasteiger partial charge in [0.1, 0.15) is 11.6 Å². The molecule has 1 fully saturated rings. The van der Waals surface area contributed by atoms with Gasteiger partial charge in [0.25, 0.3) is 0 Å². The Morgan fingerprint density at radius 3 is 2.89 bits per heavy atom. The molecule has 27 heavy (non-hydrogen) atoms. The molecule has 0 bridgehead atoms. The molecule has 3 aromatic rings. The third kappa shape index (κ3) is 3.64. The van der Waals surface area contributed by atoms with Gasteiger partial charge in [0.15, 0.2) is 0 Å². The predicted molar refractivity (Wildman–Crippen MR) is 98.7 cm³/mol. The lowest BCUT2D eigenvalue weighted by atomic mass is 9.97. The SMILES string of the molecule is O=C(NCc1ccco1)N1CCC[C@H](c2n[nH]c(=O)n2-c2ccccc2)C1. The maximum atomic E-state index is 12.5. The number of aromatic amines is 1. The number of hydrogen-bond acceptors (Lipinski definition) is 4. The second-order valence-electron chi connectivity index (χ2n) is 6.58. The van der Waals surface area contributed by atoms with Gasteiger partial charge in [-0.1, -0.05) is 18.2 Å². The summed E-state index contributed by atoms with van der Waals surface area (Å²) in [4.78, 5) is 26.6. The molecule has 0 radical (unpaired) electrons. The van der Waals surface area contributed by atoms with E-state index in [1.807, 2.05) is 36.4 Å². The van der Waals surface area contributed by atoms with Crippen molar-refractivity contribution in [1.82, 2.24) is 25.0 Å². The standard InChI is InChI=1S/C19H21N5O3/c25-18(20-12-16-9-5-11-27-16)23-10-4-6-14(13-23)17-21-22-19(26)24(17)15-7-2-1-3-8-15/h1-3,5,7-9,11,14H,4,6,10,12-13H2,(H,20,25)(H,22,26)/t14-/m0/s1. The van der Waals surface area contributed by atoms with E-state index >= 15 is 0 Å². The number of rotatable bonds is 4. The number of amides is 2. The molecule has 0 aliphatic carbocycles. The van der Waals surface area contributed by atoms with E-state index in [0.717, 1.165) is 18.5 Å². The number of likely N-dealkylation sites (tertiary alicyclic amines) is 1. The summed E-state index contributed by atoms with van der Waals surface area (Å²) in [5.74, 6) is 1.36. The van der Waals surface area contributed by atoms with Crippen LogP contribution in [0.25, 0.3) is 5.69 Å². The fraction of sp³-hybridized carbons (Fsp3) is 0.316. The Bertz CT molecular complexity index is 945. The van der Waals surface area contributed by atoms with Crippen molar-refractivity contribution in [3.8, 4) is 5.69 Å². The molecular formula is C19H21N5O3. The van der Waals surface area contributed by atoms with Crippen LogP contribution in [0.3, 0.4) is 0 Å². The zero-order valence-corrected chi connectivity index (χ0v) is 14.8. The van der Waals surface area contributed by atoms with E-state index in [2.05, 4.69) is 15.5 Å². The first-order chi connectivity index (χ1) is 13.2. The van der Waals surface area contributed by atoms with Gasteiger partial charge in [0.2, 0.25) is 0 Å². The predicted octanol–water partition coefficient (Wildman–Crippen LogP) is 2.24. The molecule has 1 atom stereocenters. The number of piperidine rings is 1. The minimum absolute atomic E-state index is 0.00716. The highest BCUT2D eigenvalue weighted by Gasteiger charge is 2.29. The molecule has 0 unspecified atom stereocenters. The number of aromatic nitrogens is 3. The maximum Gasteiger partial charge on any atom is 0.347 e. The van der Waals surface area contributed by atoms with Crippen molar-refractivity contribution in [3.05, 3.63) is 70.8 Å². The van der Waals surface area contributed by atoms with Gasteiger partial charge in [-0.05, 0) is 37.1 Å². The smallest absolute Gasteiger partial charge is 0.347 e. The van der Waals surface area contributed by atoms with Crippen LogP contribution in [0.1, 0.15) is 30.3 Å². The van der Waals surface area contributed by atoms with Crippen LogP contribution < -0.4 is 11.0 Å². The fourth-order valence-electron chi connectivity index (χ4n) is 3.47. The molecular weight excluding hydrogens is 346 g/mol. The van der Waals surface area contributed by atoms with Crippen LogP contribution in [-0.4, -0.2) is 38.8 Å². The molecule has 2 N–H and O–H groups in total. The highest BCUT2D eigenvalue weighted by molar-refractivity contribution is 5.74. The molecule has 8 nitrogen and oxygen atoms in total. The second-order valence-corrected chi connectivity index (χ2v) is 6.58. The second kappa shape index (κ2) is 7.53. The van der Waals surface area contributed by atoms with E-state index in [1.165, 1.54) is 0 Å². The number of furan rings is 1. The lowest BCUT2D eigenvalue weighted by Gasteiger charge is -2.32. The van der Waals surface area contributed by atoms with Gasteiger partial charge < -0.3 is 14.6 Å². The average Bonchev–Trinajstić information content (AvgIpc) is 3.36. The molecule has 1 aliphatic heterocycles. The molecule has 0 saturated carbocycles. The number of nitrogens with zero attached hydrogens (tertiary/aromatic N) is 3. The van der Waals surface area contributed by atoms with Crippen LogP contribution in [0.15, 0.2) is 57.9 Å². The van der Waals surface area contributed by atoms with Crippen molar-refractivity contribution < 1.29 is 9.21 Å². The maximum absolute atomic E-state index is 12.5. The van der Waals surface area contributed by atoms with E-state index in [9.17, 15) is 9.59 Å². The van der Waals surface area contributed by atoms with E-state index in [-0.39, 0.29) is 17.6 Å². The van der Waals surface area contributed by atoms with Crippen molar-refractivity contribution >= 4 is 6.03 Å². The lowest BCUT2D eigenvalue weighted by molar-refractivity contribution is 0.177. The Morgan fingerprint density at radius 2 is 2.11 bits per heavy atom. The molecule has 3 heterocycles. The van der Waals surface area contributed by atoms with Crippen molar-refractivity contribution in [2.24, 2.45) is 0 Å². The zero-order chi connectivity index (χ0) is 18.6. The van der Waals surface area contributed by atoms with Crippen LogP contribution >= 0.6 is 0 Å². The molecule has 8 heteroatoms. The number of carbonyl (C=O) groups excluding carboxylic acids is 1. The summed E-state index contributed by atoms with van der Waals surface area (Å²) in [5.41, 5.74) is 0.501. The zero-order valence-electron chi connectivity index (χ0n) is 14.8. The largest absolute Gasteiger partial charge is 0.467 e. The summed E-state index contributed by atoms with van der Waals surface area (Å²) < 4.78 is 6.84. The third-order valence-corrected chi connectivity index (χ3v) is 4.78. The van der Waals surface area contributed by atoms with E-state index < -0.39 is 0 Å². The summed E-state index contributed by atoms with van der Waals surface area (Å²) in [6, 6.07) is 12.9. The van der Waals surface area contributed by atoms with E-state index in [4.69, 9.17) is 4.42 Å². The Balaban J connectivity index is 1.49. The van der Waals surface area contributed by atoms with E-state index in [1.54, 1.807) is 21.8 Å². The van der Waals surface area contributed by atoms with Gasteiger partial charge in [0, 0.05) is 19.0 Å². The number of urea groups is 1. The van der Waals surface area contributed by atoms with Gasteiger partial charge >= 0.3 is 11.7 Å². The number of carbonyl (C=O) groups is 1. The first-order valence-electron chi connectivity index (χ1n) is 9.00. The lowest BCUT2D eigenvalue weighted by Crippen LogP contribution is -2.45. The van der Waals surface area contributed by atoms with Crippen LogP contribution in [0.5, 0.6) is 0 Å². The van der Waals surface area contributed by atoms with Crippen molar-refractivity contribution in [2.75, 3.05) is 13.1 Å². The molecule has 0 spiro atoms. The first kappa shape index (κ1) is 17.1. The highest BCUT2D eigenvalue weighted by Crippen LogP contribution is 2.26. The quantitative estimate of drug-likeness (QED) is 0.739. The van der Waals surface area contributed by atoms with Gasteiger partial charge in [-0.15, -0.1) is 0 Å². The number of H-pyrrole nitrogens is 1. The third-order valence-electron chi connectivity index (χ3n) is 4.78. The number of hydrogen-bond donors (Lipinski definition) is 2. The normalized spacial score (nSPS) is 17.0. The monoisotopic (exact) mass is 367 g/mol. The Hall–Kier alpha value is -3.29. The molecule has 4 rings (SSSR count). The molecule has 1 saturated heterocycles. The number of nitrogens with one attached hydrogen (secondary N) is 2. The summed E-state index contributed by atoms with van der Waals surface area (Å²) >= 11 is 0. The van der Waals surface area contributed by atoms with Crippen LogP contribution in [0.2, 0.25) is 0 Å². The van der Waals surface area contributed by atoms with Crippen LogP contribution in [0.4, 0.5) is 4.79 Å². The van der Waals surface area contributed by atoms with Crippen LogP contribution in [-0.2, 0) is 6.54 Å². The topological polar surface area (TPSA) is 96.2 Å². The van der Waals surface area contributed by atoms with Gasteiger partial charge in [-0.3, -0.25) is 0 Å². The fourth-order valence-corrected chi connectivity index (χ4v) is 3.47. The molecule has 140 valence electrons. The van der Waals surface area contributed by atoms with Gasteiger partial charge in [-0.2, -0.15) is 5.10 Å². The minimum Gasteiger partial charge on any atom is -0.467 e. The van der Waals surface area contributed by atoms with Gasteiger partial charge in [0.05, 0.1) is 18.5 Å². The average molecular weight is 367 g/mol. The summed E-state index contributed by atoms with van der Waals surface area (Å²) in [6.07, 6.45) is 3.31. The van der Waals surface area contributed by atoms with Crippen molar-refractivity contribution in [1.29, 1.82) is 0 Å². The van der Waals surface area contributed by atoms with Gasteiger partial charge in [-0.25, -0.2) is 19.3 Å². The molecule has 2 aromatic heterocycles. The molecule has 2 amide bonds. The summed E-state index contributed by atoms with van der Waals surface area (Å²) in [6.45, 7) is 1.55. The number of benzene rings is 1. The summed E-state index contributed by atoms with van der Waals surface area (Å²) in [5, 5.41) is 9.67. The Labute approximate surface area is 155 Å².